The summed E-state index contributed by atoms with van der Waals surface area (Å²) in [7, 11) is 0. The number of halogens is 1. The van der Waals surface area contributed by atoms with Crippen LogP contribution in [0.2, 0.25) is 5.02 Å². The number of carbonyl (C=O) groups is 1. The van der Waals surface area contributed by atoms with Gasteiger partial charge >= 0.3 is 5.97 Å². The van der Waals surface area contributed by atoms with Crippen LogP contribution in [0, 0.1) is 0 Å². The molecule has 0 saturated heterocycles. The van der Waals surface area contributed by atoms with Crippen LogP contribution in [0.25, 0.3) is 0 Å². The summed E-state index contributed by atoms with van der Waals surface area (Å²) in [5, 5.41) is 12.6. The minimum absolute atomic E-state index is 0.270. The highest BCUT2D eigenvalue weighted by Crippen LogP contribution is 2.16. The topological polar surface area (TPSA) is 49.3 Å². The van der Waals surface area contributed by atoms with Crippen LogP contribution in [0.1, 0.15) is 29.3 Å². The van der Waals surface area contributed by atoms with Crippen LogP contribution < -0.4 is 5.32 Å². The first kappa shape index (κ1) is 12.0. The van der Waals surface area contributed by atoms with Gasteiger partial charge in [0.25, 0.3) is 0 Å². The van der Waals surface area contributed by atoms with E-state index in [9.17, 15) is 4.79 Å². The van der Waals surface area contributed by atoms with E-state index in [1.807, 2.05) is 0 Å². The summed E-state index contributed by atoms with van der Waals surface area (Å²) in [6, 6.07) is 4.93. The van der Waals surface area contributed by atoms with Crippen LogP contribution in [-0.2, 0) is 6.54 Å². The van der Waals surface area contributed by atoms with Crippen LogP contribution in [-0.4, -0.2) is 17.6 Å². The molecule has 0 spiro atoms. The zero-order valence-corrected chi connectivity index (χ0v) is 9.34. The largest absolute Gasteiger partial charge is 0.478 e. The average molecular weight is 228 g/mol. The van der Waals surface area contributed by atoms with Crippen molar-refractivity contribution >= 4 is 17.6 Å². The van der Waals surface area contributed by atoms with Crippen molar-refractivity contribution in [2.24, 2.45) is 0 Å². The van der Waals surface area contributed by atoms with Crippen LogP contribution in [0.15, 0.2) is 18.2 Å². The van der Waals surface area contributed by atoms with Crippen molar-refractivity contribution in [2.45, 2.75) is 19.9 Å². The second-order valence-electron chi connectivity index (χ2n) is 3.28. The number of hydrogen-bond donors (Lipinski definition) is 2. The molecule has 0 aliphatic rings. The molecule has 15 heavy (non-hydrogen) atoms. The summed E-state index contributed by atoms with van der Waals surface area (Å²) in [6.07, 6.45) is 1.02. The zero-order valence-electron chi connectivity index (χ0n) is 8.59. The van der Waals surface area contributed by atoms with Crippen LogP contribution in [0.3, 0.4) is 0 Å². The molecular formula is C11H14ClNO2. The second-order valence-corrected chi connectivity index (χ2v) is 3.72. The fraction of sp³-hybridized carbons (Fsp3) is 0.364. The third-order valence-corrected chi connectivity index (χ3v) is 2.28. The molecule has 0 radical (unpaired) electrons. The third-order valence-electron chi connectivity index (χ3n) is 2.04. The molecule has 82 valence electrons. The summed E-state index contributed by atoms with van der Waals surface area (Å²) in [4.78, 5) is 10.9. The lowest BCUT2D eigenvalue weighted by Gasteiger charge is -2.07. The third kappa shape index (κ3) is 3.53. The molecule has 0 aliphatic carbocycles. The molecule has 3 nitrogen and oxygen atoms in total. The summed E-state index contributed by atoms with van der Waals surface area (Å²) in [5.74, 6) is -0.939. The van der Waals surface area contributed by atoms with Gasteiger partial charge in [0.2, 0.25) is 0 Å². The van der Waals surface area contributed by atoms with Gasteiger partial charge in [0.15, 0.2) is 0 Å². The quantitative estimate of drug-likeness (QED) is 0.760. The fourth-order valence-corrected chi connectivity index (χ4v) is 1.47. The molecular weight excluding hydrogens is 214 g/mol. The molecule has 0 aromatic heterocycles. The standard InChI is InChI=1S/C11H14ClNO2/c1-2-5-13-7-8-3-4-9(12)6-10(8)11(14)15/h3-4,6,13H,2,5,7H2,1H3,(H,14,15). The van der Waals surface area contributed by atoms with Crippen molar-refractivity contribution in [1.29, 1.82) is 0 Å². The Balaban J connectivity index is 2.81. The predicted octanol–water partition coefficient (Wildman–Crippen LogP) is 2.54. The van der Waals surface area contributed by atoms with E-state index >= 15 is 0 Å². The molecule has 2 N–H and O–H groups in total. The van der Waals surface area contributed by atoms with Gasteiger partial charge in [-0.1, -0.05) is 24.6 Å². The van der Waals surface area contributed by atoms with E-state index in [-0.39, 0.29) is 5.56 Å². The molecule has 1 aromatic carbocycles. The van der Waals surface area contributed by atoms with Crippen molar-refractivity contribution in [3.05, 3.63) is 34.3 Å². The average Bonchev–Trinajstić information content (AvgIpc) is 2.20. The number of rotatable bonds is 5. The molecule has 4 heteroatoms. The Hall–Kier alpha value is -1.06. The maximum atomic E-state index is 10.9. The number of carboxylic acids is 1. The molecule has 1 aromatic rings. The smallest absolute Gasteiger partial charge is 0.336 e. The van der Waals surface area contributed by atoms with E-state index in [2.05, 4.69) is 12.2 Å². The normalized spacial score (nSPS) is 10.3. The van der Waals surface area contributed by atoms with Crippen LogP contribution >= 0.6 is 11.6 Å². The molecule has 0 bridgehead atoms. The second kappa shape index (κ2) is 5.73. The van der Waals surface area contributed by atoms with Gasteiger partial charge in [0.05, 0.1) is 5.56 Å². The Morgan fingerprint density at radius 2 is 2.27 bits per heavy atom. The fourth-order valence-electron chi connectivity index (χ4n) is 1.30. The van der Waals surface area contributed by atoms with E-state index in [0.717, 1.165) is 18.5 Å². The first-order valence-electron chi connectivity index (χ1n) is 4.87. The van der Waals surface area contributed by atoms with E-state index in [1.165, 1.54) is 6.07 Å². The summed E-state index contributed by atoms with van der Waals surface area (Å²) in [5.41, 5.74) is 1.03. The molecule has 0 unspecified atom stereocenters. The zero-order chi connectivity index (χ0) is 11.3. The number of benzene rings is 1. The van der Waals surface area contributed by atoms with Crippen molar-refractivity contribution in [1.82, 2.24) is 5.32 Å². The number of carboxylic acid groups (broad SMARTS) is 1. The number of hydrogen-bond acceptors (Lipinski definition) is 2. The number of nitrogens with one attached hydrogen (secondary N) is 1. The highest BCUT2D eigenvalue weighted by atomic mass is 35.5. The van der Waals surface area contributed by atoms with E-state index in [1.54, 1.807) is 12.1 Å². The van der Waals surface area contributed by atoms with Gasteiger partial charge in [0.1, 0.15) is 0 Å². The minimum atomic E-state index is -0.939. The SMILES string of the molecule is CCCNCc1ccc(Cl)cc1C(=O)O. The first-order chi connectivity index (χ1) is 7.15. The summed E-state index contributed by atoms with van der Waals surface area (Å²) < 4.78 is 0. The summed E-state index contributed by atoms with van der Waals surface area (Å²) in [6.45, 7) is 3.50. The van der Waals surface area contributed by atoms with Gasteiger partial charge in [-0.15, -0.1) is 0 Å². The van der Waals surface area contributed by atoms with Gasteiger partial charge in [-0.25, -0.2) is 4.79 Å². The Kier molecular flexibility index (Phi) is 4.59. The molecule has 0 fully saturated rings. The van der Waals surface area contributed by atoms with E-state index in [4.69, 9.17) is 16.7 Å². The minimum Gasteiger partial charge on any atom is -0.478 e. The maximum Gasteiger partial charge on any atom is 0.336 e. The van der Waals surface area contributed by atoms with Crippen LogP contribution in [0.5, 0.6) is 0 Å². The Bertz CT molecular complexity index is 352. The van der Waals surface area contributed by atoms with Gasteiger partial charge in [-0.2, -0.15) is 0 Å². The Morgan fingerprint density at radius 3 is 2.87 bits per heavy atom. The highest BCUT2D eigenvalue weighted by molar-refractivity contribution is 6.30. The van der Waals surface area contributed by atoms with Gasteiger partial charge in [-0.3, -0.25) is 0 Å². The molecule has 0 atom stereocenters. The van der Waals surface area contributed by atoms with E-state index < -0.39 is 5.97 Å². The summed E-state index contributed by atoms with van der Waals surface area (Å²) >= 11 is 5.74. The lowest BCUT2D eigenvalue weighted by molar-refractivity contribution is 0.0695. The lowest BCUT2D eigenvalue weighted by atomic mass is 10.1. The predicted molar refractivity (Wildman–Crippen MR) is 60.4 cm³/mol. The Labute approximate surface area is 94.1 Å². The molecule has 0 heterocycles. The molecule has 1 rings (SSSR count). The number of aromatic carboxylic acids is 1. The first-order valence-corrected chi connectivity index (χ1v) is 5.25. The van der Waals surface area contributed by atoms with Gasteiger partial charge in [-0.05, 0) is 30.7 Å². The molecule has 0 amide bonds. The molecule has 0 saturated carbocycles. The van der Waals surface area contributed by atoms with Gasteiger partial charge < -0.3 is 10.4 Å². The highest BCUT2D eigenvalue weighted by Gasteiger charge is 2.09. The van der Waals surface area contributed by atoms with E-state index in [0.29, 0.717) is 11.6 Å². The monoisotopic (exact) mass is 227 g/mol. The molecule has 0 aliphatic heterocycles. The van der Waals surface area contributed by atoms with Gasteiger partial charge in [0, 0.05) is 11.6 Å². The van der Waals surface area contributed by atoms with Crippen molar-refractivity contribution in [2.75, 3.05) is 6.54 Å². The maximum absolute atomic E-state index is 10.9. The van der Waals surface area contributed by atoms with Crippen molar-refractivity contribution < 1.29 is 9.90 Å². The van der Waals surface area contributed by atoms with Crippen LogP contribution in [0.4, 0.5) is 0 Å². The van der Waals surface area contributed by atoms with Crippen molar-refractivity contribution in [3.63, 3.8) is 0 Å². The van der Waals surface area contributed by atoms with Crippen molar-refractivity contribution in [3.8, 4) is 0 Å². The lowest BCUT2D eigenvalue weighted by Crippen LogP contribution is -2.16. The Morgan fingerprint density at radius 1 is 1.53 bits per heavy atom.